The van der Waals surface area contributed by atoms with E-state index in [4.69, 9.17) is 0 Å². The lowest BCUT2D eigenvalue weighted by atomic mass is 9.96. The summed E-state index contributed by atoms with van der Waals surface area (Å²) in [5.41, 5.74) is 0.908. The van der Waals surface area contributed by atoms with E-state index in [0.29, 0.717) is 6.04 Å². The minimum Gasteiger partial charge on any atom is -0.367 e. The van der Waals surface area contributed by atoms with Crippen LogP contribution < -0.4 is 10.6 Å². The van der Waals surface area contributed by atoms with Crippen LogP contribution in [0.25, 0.3) is 11.0 Å². The van der Waals surface area contributed by atoms with E-state index in [1.165, 1.54) is 58.7 Å². The second-order valence-electron chi connectivity index (χ2n) is 7.81. The standard InChI is InChI=1S/C18H27N7/c1-4-20-17-16(1)18(22-12-21-17)23-14-2-5-25(6-3-14)15-10-24(11-15)9-13-7-19-8-13/h1,4,12-15,19H,2-3,5-11H2,(H2,20,21,22,23). The third kappa shape index (κ3) is 3.12. The summed E-state index contributed by atoms with van der Waals surface area (Å²) in [6.07, 6.45) is 5.95. The van der Waals surface area contributed by atoms with Crippen LogP contribution in [0.2, 0.25) is 0 Å². The van der Waals surface area contributed by atoms with E-state index in [0.717, 1.165) is 28.8 Å². The van der Waals surface area contributed by atoms with E-state index in [-0.39, 0.29) is 0 Å². The van der Waals surface area contributed by atoms with Gasteiger partial charge in [0, 0.05) is 64.1 Å². The first-order valence-electron chi connectivity index (χ1n) is 9.57. The molecule has 2 aromatic heterocycles. The second-order valence-corrected chi connectivity index (χ2v) is 7.81. The highest BCUT2D eigenvalue weighted by Gasteiger charge is 2.35. The van der Waals surface area contributed by atoms with Gasteiger partial charge in [0.25, 0.3) is 0 Å². The first kappa shape index (κ1) is 15.5. The Hall–Kier alpha value is -1.70. The van der Waals surface area contributed by atoms with Gasteiger partial charge >= 0.3 is 0 Å². The Labute approximate surface area is 148 Å². The number of aromatic amines is 1. The molecule has 134 valence electrons. The lowest BCUT2D eigenvalue weighted by molar-refractivity contribution is 0.00829. The summed E-state index contributed by atoms with van der Waals surface area (Å²) in [6.45, 7) is 8.66. The van der Waals surface area contributed by atoms with E-state index in [1.54, 1.807) is 6.33 Å². The van der Waals surface area contributed by atoms with Crippen molar-refractivity contribution in [3.8, 4) is 0 Å². The fourth-order valence-electron chi connectivity index (χ4n) is 4.36. The molecule has 3 aliphatic heterocycles. The average molecular weight is 341 g/mol. The van der Waals surface area contributed by atoms with E-state index < -0.39 is 0 Å². The first-order chi connectivity index (χ1) is 12.3. The first-order valence-corrected chi connectivity index (χ1v) is 9.57. The highest BCUT2D eigenvalue weighted by atomic mass is 15.3. The number of nitrogens with one attached hydrogen (secondary N) is 3. The monoisotopic (exact) mass is 341 g/mol. The van der Waals surface area contributed by atoms with Crippen molar-refractivity contribution in [1.29, 1.82) is 0 Å². The van der Waals surface area contributed by atoms with Gasteiger partial charge in [0.2, 0.25) is 0 Å². The highest BCUT2D eigenvalue weighted by Crippen LogP contribution is 2.25. The lowest BCUT2D eigenvalue weighted by Gasteiger charge is -2.49. The number of hydrogen-bond acceptors (Lipinski definition) is 6. The summed E-state index contributed by atoms with van der Waals surface area (Å²) in [7, 11) is 0. The van der Waals surface area contributed by atoms with Gasteiger partial charge in [-0.25, -0.2) is 9.97 Å². The largest absolute Gasteiger partial charge is 0.367 e. The van der Waals surface area contributed by atoms with E-state index in [2.05, 4.69) is 35.4 Å². The van der Waals surface area contributed by atoms with Gasteiger partial charge in [-0.3, -0.25) is 9.80 Å². The van der Waals surface area contributed by atoms with Crippen LogP contribution in [0.3, 0.4) is 0 Å². The van der Waals surface area contributed by atoms with E-state index in [9.17, 15) is 0 Å². The number of aromatic nitrogens is 3. The van der Waals surface area contributed by atoms with Crippen LogP contribution in [0, 0.1) is 5.92 Å². The van der Waals surface area contributed by atoms with Gasteiger partial charge < -0.3 is 15.6 Å². The van der Waals surface area contributed by atoms with Crippen LogP contribution in [0.1, 0.15) is 12.8 Å². The van der Waals surface area contributed by atoms with Gasteiger partial charge in [-0.15, -0.1) is 0 Å². The molecule has 0 atom stereocenters. The summed E-state index contributed by atoms with van der Waals surface area (Å²) in [6, 6.07) is 3.35. The molecule has 5 rings (SSSR count). The highest BCUT2D eigenvalue weighted by molar-refractivity contribution is 5.86. The molecule has 0 radical (unpaired) electrons. The van der Waals surface area contributed by atoms with Crippen LogP contribution in [0.4, 0.5) is 5.82 Å². The summed E-state index contributed by atoms with van der Waals surface area (Å²) in [5, 5.41) is 8.10. The zero-order valence-corrected chi connectivity index (χ0v) is 14.6. The van der Waals surface area contributed by atoms with Crippen molar-refractivity contribution in [3.63, 3.8) is 0 Å². The second kappa shape index (κ2) is 6.55. The van der Waals surface area contributed by atoms with Crippen molar-refractivity contribution < 1.29 is 0 Å². The van der Waals surface area contributed by atoms with Gasteiger partial charge in [-0.2, -0.15) is 0 Å². The van der Waals surface area contributed by atoms with Crippen molar-refractivity contribution in [2.75, 3.05) is 51.1 Å². The Morgan fingerprint density at radius 1 is 1.16 bits per heavy atom. The molecule has 0 spiro atoms. The van der Waals surface area contributed by atoms with Crippen LogP contribution >= 0.6 is 0 Å². The molecule has 0 amide bonds. The maximum absolute atomic E-state index is 4.44. The molecule has 3 saturated heterocycles. The molecular weight excluding hydrogens is 314 g/mol. The number of H-pyrrole nitrogens is 1. The summed E-state index contributed by atoms with van der Waals surface area (Å²) < 4.78 is 0. The number of anilines is 1. The number of likely N-dealkylation sites (tertiary alicyclic amines) is 2. The number of piperidine rings is 1. The number of nitrogens with zero attached hydrogens (tertiary/aromatic N) is 4. The van der Waals surface area contributed by atoms with E-state index in [1.807, 2.05) is 12.3 Å². The predicted molar refractivity (Wildman–Crippen MR) is 98.7 cm³/mol. The zero-order valence-electron chi connectivity index (χ0n) is 14.6. The van der Waals surface area contributed by atoms with Crippen LogP contribution in [-0.4, -0.2) is 82.6 Å². The maximum atomic E-state index is 4.44. The van der Waals surface area contributed by atoms with Crippen LogP contribution in [0.15, 0.2) is 18.6 Å². The van der Waals surface area contributed by atoms with Crippen molar-refractivity contribution in [2.24, 2.45) is 5.92 Å². The summed E-state index contributed by atoms with van der Waals surface area (Å²) in [5.74, 6) is 1.86. The molecule has 3 aliphatic rings. The van der Waals surface area contributed by atoms with Crippen molar-refractivity contribution >= 4 is 16.9 Å². The van der Waals surface area contributed by atoms with Crippen LogP contribution in [-0.2, 0) is 0 Å². The van der Waals surface area contributed by atoms with Gasteiger partial charge in [0.1, 0.15) is 17.8 Å². The summed E-state index contributed by atoms with van der Waals surface area (Å²) in [4.78, 5) is 17.2. The Kier molecular flexibility index (Phi) is 4.07. The minimum atomic E-state index is 0.515. The van der Waals surface area contributed by atoms with Crippen LogP contribution in [0.5, 0.6) is 0 Å². The molecule has 0 unspecified atom stereocenters. The van der Waals surface area contributed by atoms with Gasteiger partial charge in [-0.05, 0) is 24.8 Å². The lowest BCUT2D eigenvalue weighted by Crippen LogP contribution is -2.63. The maximum Gasteiger partial charge on any atom is 0.142 e. The quantitative estimate of drug-likeness (QED) is 0.745. The fourth-order valence-corrected chi connectivity index (χ4v) is 4.36. The SMILES string of the molecule is c1nc(NC2CCN(C3CN(CC4CNC4)C3)CC2)c2cc[nH]c2n1. The van der Waals surface area contributed by atoms with Gasteiger partial charge in [0.15, 0.2) is 0 Å². The third-order valence-corrected chi connectivity index (χ3v) is 6.06. The third-order valence-electron chi connectivity index (χ3n) is 6.06. The molecule has 0 aliphatic carbocycles. The molecule has 25 heavy (non-hydrogen) atoms. The Morgan fingerprint density at radius 2 is 2.00 bits per heavy atom. The van der Waals surface area contributed by atoms with Crippen molar-refractivity contribution in [3.05, 3.63) is 18.6 Å². The topological polar surface area (TPSA) is 72.1 Å². The van der Waals surface area contributed by atoms with Gasteiger partial charge in [-0.1, -0.05) is 0 Å². The van der Waals surface area contributed by atoms with E-state index >= 15 is 0 Å². The normalized spacial score (nSPS) is 24.3. The zero-order chi connectivity index (χ0) is 16.6. The smallest absolute Gasteiger partial charge is 0.142 e. The molecule has 3 fully saturated rings. The molecule has 7 nitrogen and oxygen atoms in total. The summed E-state index contributed by atoms with van der Waals surface area (Å²) >= 11 is 0. The Bertz CT molecular complexity index is 711. The molecule has 0 aromatic carbocycles. The molecule has 2 aromatic rings. The molecule has 7 heteroatoms. The molecule has 5 heterocycles. The Balaban J connectivity index is 1.10. The van der Waals surface area contributed by atoms with Crippen molar-refractivity contribution in [1.82, 2.24) is 30.1 Å². The molecular formula is C18H27N7. The average Bonchev–Trinajstić information content (AvgIpc) is 3.03. The molecule has 0 saturated carbocycles. The molecule has 0 bridgehead atoms. The number of hydrogen-bond donors (Lipinski definition) is 3. The minimum absolute atomic E-state index is 0.515. The number of fused-ring (bicyclic) bond motifs is 1. The number of rotatable bonds is 5. The van der Waals surface area contributed by atoms with Gasteiger partial charge in [0.05, 0.1) is 5.39 Å². The predicted octanol–water partition coefficient (Wildman–Crippen LogP) is 0.738. The fraction of sp³-hybridized carbons (Fsp3) is 0.667. The Morgan fingerprint density at radius 3 is 2.76 bits per heavy atom. The molecule has 3 N–H and O–H groups in total. The van der Waals surface area contributed by atoms with Crippen molar-refractivity contribution in [2.45, 2.75) is 24.9 Å².